The van der Waals surface area contributed by atoms with Gasteiger partial charge in [0.25, 0.3) is 0 Å². The highest BCUT2D eigenvalue weighted by molar-refractivity contribution is 5.93. The van der Waals surface area contributed by atoms with Crippen molar-refractivity contribution in [2.75, 3.05) is 20.2 Å². The zero-order chi connectivity index (χ0) is 12.8. The number of aliphatic hydroxyl groups is 1. The maximum atomic E-state index is 11.0. The fraction of sp³-hybridized carbons (Fsp3) is 0.462. The highest BCUT2D eigenvalue weighted by Crippen LogP contribution is 2.13. The minimum absolute atomic E-state index is 0.212. The molecular formula is C13H20N2O2. The van der Waals surface area contributed by atoms with Gasteiger partial charge in [0.15, 0.2) is 0 Å². The lowest BCUT2D eigenvalue weighted by atomic mass is 10.0. The van der Waals surface area contributed by atoms with Crippen molar-refractivity contribution >= 4 is 5.91 Å². The number of nitrogens with zero attached hydrogens (tertiary/aromatic N) is 1. The van der Waals surface area contributed by atoms with Gasteiger partial charge in [-0.05, 0) is 43.7 Å². The highest BCUT2D eigenvalue weighted by Gasteiger charge is 2.06. The summed E-state index contributed by atoms with van der Waals surface area (Å²) in [7, 11) is 2.01. The van der Waals surface area contributed by atoms with Crippen molar-refractivity contribution in [3.8, 4) is 0 Å². The predicted octanol–water partition coefficient (Wildman–Crippen LogP) is 0.908. The zero-order valence-corrected chi connectivity index (χ0v) is 10.4. The molecule has 0 saturated carbocycles. The van der Waals surface area contributed by atoms with Gasteiger partial charge in [0, 0.05) is 25.3 Å². The number of amides is 1. The summed E-state index contributed by atoms with van der Waals surface area (Å²) in [5.74, 6) is -0.395. The number of nitrogens with two attached hydrogens (primary N) is 1. The van der Waals surface area contributed by atoms with Gasteiger partial charge in [-0.3, -0.25) is 4.79 Å². The lowest BCUT2D eigenvalue weighted by Crippen LogP contribution is -2.20. The predicted molar refractivity (Wildman–Crippen MR) is 67.7 cm³/mol. The second-order valence-electron chi connectivity index (χ2n) is 4.32. The van der Waals surface area contributed by atoms with Gasteiger partial charge in [-0.25, -0.2) is 0 Å². The Balaban J connectivity index is 2.69. The van der Waals surface area contributed by atoms with Gasteiger partial charge in [0.05, 0.1) is 0 Å². The molecule has 0 atom stereocenters. The molecule has 0 heterocycles. The normalized spacial score (nSPS) is 10.8. The smallest absolute Gasteiger partial charge is 0.248 e. The molecule has 0 unspecified atom stereocenters. The van der Waals surface area contributed by atoms with E-state index < -0.39 is 5.91 Å². The second kappa shape index (κ2) is 6.37. The minimum Gasteiger partial charge on any atom is -0.396 e. The van der Waals surface area contributed by atoms with Crippen LogP contribution in [0.15, 0.2) is 18.2 Å². The van der Waals surface area contributed by atoms with E-state index in [0.29, 0.717) is 5.56 Å². The van der Waals surface area contributed by atoms with Crippen LogP contribution in [-0.4, -0.2) is 36.1 Å². The zero-order valence-electron chi connectivity index (χ0n) is 10.4. The van der Waals surface area contributed by atoms with Crippen molar-refractivity contribution in [3.63, 3.8) is 0 Å². The molecule has 1 amide bonds. The lowest BCUT2D eigenvalue weighted by molar-refractivity contribution is 0.1000. The van der Waals surface area contributed by atoms with Crippen LogP contribution in [0.4, 0.5) is 0 Å². The molecule has 0 aromatic heterocycles. The van der Waals surface area contributed by atoms with E-state index in [-0.39, 0.29) is 6.61 Å². The van der Waals surface area contributed by atoms with Gasteiger partial charge in [-0.15, -0.1) is 0 Å². The molecule has 1 rings (SSSR count). The molecule has 4 nitrogen and oxygen atoms in total. The number of rotatable bonds is 6. The number of hydrogen-bond acceptors (Lipinski definition) is 3. The first-order valence-electron chi connectivity index (χ1n) is 5.73. The summed E-state index contributed by atoms with van der Waals surface area (Å²) in [4.78, 5) is 13.2. The van der Waals surface area contributed by atoms with Crippen molar-refractivity contribution in [2.24, 2.45) is 5.73 Å². The van der Waals surface area contributed by atoms with Crippen LogP contribution in [0.1, 0.15) is 27.9 Å². The van der Waals surface area contributed by atoms with Gasteiger partial charge in [0.1, 0.15) is 0 Å². The molecular weight excluding hydrogens is 216 g/mol. The van der Waals surface area contributed by atoms with E-state index in [1.807, 2.05) is 26.1 Å². The molecule has 0 fully saturated rings. The summed E-state index contributed by atoms with van der Waals surface area (Å²) < 4.78 is 0. The van der Waals surface area contributed by atoms with Crippen molar-refractivity contribution in [3.05, 3.63) is 34.9 Å². The Kier molecular flexibility index (Phi) is 5.12. The largest absolute Gasteiger partial charge is 0.396 e. The fourth-order valence-electron chi connectivity index (χ4n) is 1.74. The van der Waals surface area contributed by atoms with Crippen LogP contribution in [0.2, 0.25) is 0 Å². The van der Waals surface area contributed by atoms with E-state index in [4.69, 9.17) is 10.8 Å². The van der Waals surface area contributed by atoms with Gasteiger partial charge >= 0.3 is 0 Å². The van der Waals surface area contributed by atoms with Crippen LogP contribution in [0.5, 0.6) is 0 Å². The summed E-state index contributed by atoms with van der Waals surface area (Å²) in [6, 6.07) is 5.51. The maximum absolute atomic E-state index is 11.0. The summed E-state index contributed by atoms with van der Waals surface area (Å²) >= 11 is 0. The van der Waals surface area contributed by atoms with E-state index in [9.17, 15) is 4.79 Å². The second-order valence-corrected chi connectivity index (χ2v) is 4.32. The Morgan fingerprint density at radius 3 is 2.71 bits per heavy atom. The Labute approximate surface area is 102 Å². The lowest BCUT2D eigenvalue weighted by Gasteiger charge is -2.17. The topological polar surface area (TPSA) is 66.6 Å². The Morgan fingerprint density at radius 2 is 2.18 bits per heavy atom. The number of aliphatic hydroxyl groups excluding tert-OH is 1. The molecule has 4 heteroatoms. The van der Waals surface area contributed by atoms with Crippen molar-refractivity contribution in [1.29, 1.82) is 0 Å². The number of benzene rings is 1. The Hall–Kier alpha value is -1.39. The Morgan fingerprint density at radius 1 is 1.47 bits per heavy atom. The average Bonchev–Trinajstić information content (AvgIpc) is 2.28. The summed E-state index contributed by atoms with van der Waals surface area (Å²) in [6.07, 6.45) is 0.773. The minimum atomic E-state index is -0.395. The molecule has 0 bridgehead atoms. The van der Waals surface area contributed by atoms with Crippen LogP contribution >= 0.6 is 0 Å². The maximum Gasteiger partial charge on any atom is 0.248 e. The summed E-state index contributed by atoms with van der Waals surface area (Å²) in [5, 5.41) is 8.76. The molecule has 0 aliphatic heterocycles. The van der Waals surface area contributed by atoms with Gasteiger partial charge < -0.3 is 15.7 Å². The third-order valence-corrected chi connectivity index (χ3v) is 2.77. The average molecular weight is 236 g/mol. The monoisotopic (exact) mass is 236 g/mol. The van der Waals surface area contributed by atoms with Gasteiger partial charge in [-0.2, -0.15) is 0 Å². The van der Waals surface area contributed by atoms with Gasteiger partial charge in [-0.1, -0.05) is 6.07 Å². The quantitative estimate of drug-likeness (QED) is 0.771. The molecule has 17 heavy (non-hydrogen) atoms. The molecule has 0 radical (unpaired) electrons. The summed E-state index contributed by atoms with van der Waals surface area (Å²) in [5.41, 5.74) is 8.01. The third-order valence-electron chi connectivity index (χ3n) is 2.77. The number of aryl methyl sites for hydroxylation is 1. The van der Waals surface area contributed by atoms with Crippen molar-refractivity contribution in [1.82, 2.24) is 4.90 Å². The standard InChI is InChI=1S/C13H20N2O2/c1-10-8-11(13(14)17)4-5-12(10)9-15(2)6-3-7-16/h4-5,8,16H,3,6-7,9H2,1-2H3,(H2,14,17). The Bertz CT molecular complexity index is 391. The molecule has 0 aliphatic carbocycles. The molecule has 1 aromatic carbocycles. The van der Waals surface area contributed by atoms with Crippen molar-refractivity contribution in [2.45, 2.75) is 19.9 Å². The van der Waals surface area contributed by atoms with E-state index in [1.54, 1.807) is 6.07 Å². The van der Waals surface area contributed by atoms with Crippen LogP contribution in [0.25, 0.3) is 0 Å². The fourth-order valence-corrected chi connectivity index (χ4v) is 1.74. The molecule has 1 aromatic rings. The SMILES string of the molecule is Cc1cc(C(N)=O)ccc1CN(C)CCCO. The van der Waals surface area contributed by atoms with Crippen LogP contribution in [0.3, 0.4) is 0 Å². The molecule has 0 saturated heterocycles. The van der Waals surface area contributed by atoms with E-state index in [0.717, 1.165) is 25.1 Å². The van der Waals surface area contributed by atoms with Crippen LogP contribution < -0.4 is 5.73 Å². The van der Waals surface area contributed by atoms with E-state index in [1.165, 1.54) is 5.56 Å². The molecule has 0 spiro atoms. The molecule has 94 valence electrons. The first-order chi connectivity index (χ1) is 8.04. The highest BCUT2D eigenvalue weighted by atomic mass is 16.3. The molecule has 0 aliphatic rings. The number of primary amides is 1. The van der Waals surface area contributed by atoms with Crippen LogP contribution in [-0.2, 0) is 6.54 Å². The van der Waals surface area contributed by atoms with Gasteiger partial charge in [0.2, 0.25) is 5.91 Å². The van der Waals surface area contributed by atoms with E-state index >= 15 is 0 Å². The number of carbonyl (C=O) groups is 1. The first-order valence-corrected chi connectivity index (χ1v) is 5.73. The third kappa shape index (κ3) is 4.17. The summed E-state index contributed by atoms with van der Waals surface area (Å²) in [6.45, 7) is 3.85. The van der Waals surface area contributed by atoms with Crippen molar-refractivity contribution < 1.29 is 9.90 Å². The molecule has 3 N–H and O–H groups in total. The van der Waals surface area contributed by atoms with Crippen LogP contribution in [0, 0.1) is 6.92 Å². The first kappa shape index (κ1) is 13.7. The number of hydrogen-bond donors (Lipinski definition) is 2. The number of carbonyl (C=O) groups excluding carboxylic acids is 1. The van der Waals surface area contributed by atoms with E-state index in [2.05, 4.69) is 4.90 Å².